The zero-order valence-corrected chi connectivity index (χ0v) is 21.3. The average molecular weight is 515 g/mol. The lowest BCUT2D eigenvalue weighted by Gasteiger charge is -2.28. The van der Waals surface area contributed by atoms with E-state index in [-0.39, 0.29) is 18.8 Å². The number of carbonyl (C=O) groups excluding carboxylic acids is 1. The minimum absolute atomic E-state index is 0.0642. The second kappa shape index (κ2) is 12.6. The number of rotatable bonds is 10. The van der Waals surface area contributed by atoms with Gasteiger partial charge in [-0.05, 0) is 49.3 Å². The maximum atomic E-state index is 13.7. The van der Waals surface area contributed by atoms with Gasteiger partial charge in [0.15, 0.2) is 0 Å². The van der Waals surface area contributed by atoms with Gasteiger partial charge in [-0.3, -0.25) is 9.78 Å². The first-order valence-corrected chi connectivity index (χ1v) is 11.9. The van der Waals surface area contributed by atoms with Crippen molar-refractivity contribution in [1.29, 1.82) is 0 Å². The number of aromatic nitrogens is 2. The van der Waals surface area contributed by atoms with Crippen molar-refractivity contribution in [2.75, 3.05) is 44.4 Å². The number of aliphatic hydroxyl groups is 1. The molecule has 0 atom stereocenters. The number of hydrogen-bond donors (Lipinski definition) is 2. The summed E-state index contributed by atoms with van der Waals surface area (Å²) in [6.07, 6.45) is 4.64. The Labute approximate surface area is 215 Å². The summed E-state index contributed by atoms with van der Waals surface area (Å²) in [4.78, 5) is 23.2. The summed E-state index contributed by atoms with van der Waals surface area (Å²) in [5.74, 6) is -2.68. The van der Waals surface area contributed by atoms with Gasteiger partial charge < -0.3 is 24.8 Å². The Kier molecular flexibility index (Phi) is 9.48. The Morgan fingerprint density at radius 1 is 1.30 bits per heavy atom. The molecule has 0 aliphatic carbocycles. The first kappa shape index (κ1) is 27.9. The molecule has 0 spiro atoms. The van der Waals surface area contributed by atoms with Crippen molar-refractivity contribution in [2.24, 2.45) is 0 Å². The fraction of sp³-hybridized carbons (Fsp3) is 0.370. The number of alkyl halides is 2. The summed E-state index contributed by atoms with van der Waals surface area (Å²) in [7, 11) is 0. The maximum Gasteiger partial charge on any atom is 0.286 e. The van der Waals surface area contributed by atoms with Gasteiger partial charge in [-0.15, -0.1) is 0 Å². The number of nitrogens with one attached hydrogen (secondary N) is 1. The lowest BCUT2D eigenvalue weighted by molar-refractivity contribution is 0.0127. The van der Waals surface area contributed by atoms with Crippen LogP contribution in [0.3, 0.4) is 0 Å². The number of hydrogen-bond acceptors (Lipinski definition) is 7. The summed E-state index contributed by atoms with van der Waals surface area (Å²) in [5, 5.41) is 12.0. The Morgan fingerprint density at radius 2 is 2.03 bits per heavy atom. The molecular formula is C27H32F2N4O4. The van der Waals surface area contributed by atoms with Crippen molar-refractivity contribution in [3.05, 3.63) is 77.3 Å². The molecule has 1 amide bonds. The lowest BCUT2D eigenvalue weighted by Crippen LogP contribution is -2.36. The summed E-state index contributed by atoms with van der Waals surface area (Å²) < 4.78 is 38.4. The highest BCUT2D eigenvalue weighted by molar-refractivity contribution is 5.96. The van der Waals surface area contributed by atoms with Gasteiger partial charge in [-0.1, -0.05) is 18.2 Å². The molecule has 0 aromatic carbocycles. The molecule has 37 heavy (non-hydrogen) atoms. The van der Waals surface area contributed by atoms with Gasteiger partial charge in [0.05, 0.1) is 19.8 Å². The number of pyridine rings is 2. The van der Waals surface area contributed by atoms with E-state index < -0.39 is 17.5 Å². The molecule has 2 N–H and O–H groups in total. The molecule has 8 nitrogen and oxygen atoms in total. The third kappa shape index (κ3) is 7.68. The number of halogens is 2. The number of allylic oxidation sites excluding steroid dienone is 4. The molecule has 2 aromatic rings. The van der Waals surface area contributed by atoms with Gasteiger partial charge in [-0.25, -0.2) is 0 Å². The van der Waals surface area contributed by atoms with E-state index >= 15 is 0 Å². The highest BCUT2D eigenvalue weighted by atomic mass is 19.3. The maximum absolute atomic E-state index is 13.7. The van der Waals surface area contributed by atoms with E-state index in [1.807, 2.05) is 13.0 Å². The molecule has 0 unspecified atom stereocenters. The third-order valence-corrected chi connectivity index (χ3v) is 5.58. The van der Waals surface area contributed by atoms with Crippen LogP contribution in [0.15, 0.2) is 60.5 Å². The molecule has 3 heterocycles. The van der Waals surface area contributed by atoms with E-state index in [2.05, 4.69) is 26.8 Å². The van der Waals surface area contributed by atoms with Gasteiger partial charge >= 0.3 is 0 Å². The van der Waals surface area contributed by atoms with Crippen molar-refractivity contribution in [2.45, 2.75) is 26.7 Å². The predicted octanol–water partition coefficient (Wildman–Crippen LogP) is 4.09. The highest BCUT2D eigenvalue weighted by Gasteiger charge is 2.27. The highest BCUT2D eigenvalue weighted by Crippen LogP contribution is 2.30. The molecule has 2 aromatic heterocycles. The van der Waals surface area contributed by atoms with Crippen molar-refractivity contribution in [1.82, 2.24) is 15.3 Å². The van der Waals surface area contributed by atoms with Crippen LogP contribution in [0, 0.1) is 0 Å². The van der Waals surface area contributed by atoms with Crippen LogP contribution < -0.4 is 15.0 Å². The molecule has 0 bridgehead atoms. The first-order valence-electron chi connectivity index (χ1n) is 11.9. The summed E-state index contributed by atoms with van der Waals surface area (Å²) in [6.45, 7) is 10.8. The average Bonchev–Trinajstić information content (AvgIpc) is 2.89. The minimum atomic E-state index is -3.16. The fourth-order valence-electron chi connectivity index (χ4n) is 3.64. The van der Waals surface area contributed by atoms with Gasteiger partial charge in [0.2, 0.25) is 5.88 Å². The van der Waals surface area contributed by atoms with E-state index in [4.69, 9.17) is 9.47 Å². The molecule has 0 radical (unpaired) electrons. The first-order chi connectivity index (χ1) is 17.6. The van der Waals surface area contributed by atoms with Crippen LogP contribution in [0.1, 0.15) is 42.4 Å². The largest absolute Gasteiger partial charge is 0.475 e. The fourth-order valence-corrected chi connectivity index (χ4v) is 3.64. The number of anilines is 1. The van der Waals surface area contributed by atoms with Crippen molar-refractivity contribution in [3.63, 3.8) is 0 Å². The second-order valence-corrected chi connectivity index (χ2v) is 8.58. The molecule has 10 heteroatoms. The van der Waals surface area contributed by atoms with E-state index in [1.165, 1.54) is 12.3 Å². The lowest BCUT2D eigenvalue weighted by atomic mass is 9.99. The molecule has 1 fully saturated rings. The molecule has 1 aliphatic heterocycles. The van der Waals surface area contributed by atoms with Gasteiger partial charge in [-0.2, -0.15) is 13.8 Å². The number of aliphatic hydroxyl groups excluding tert-OH is 1. The van der Waals surface area contributed by atoms with E-state index in [0.717, 1.165) is 29.7 Å². The number of carbonyl (C=O) groups is 1. The molecule has 1 aliphatic rings. The van der Waals surface area contributed by atoms with Crippen molar-refractivity contribution >= 4 is 17.3 Å². The predicted molar refractivity (Wildman–Crippen MR) is 138 cm³/mol. The van der Waals surface area contributed by atoms with E-state index in [1.54, 1.807) is 25.1 Å². The second-order valence-electron chi connectivity index (χ2n) is 8.58. The zero-order valence-electron chi connectivity index (χ0n) is 21.3. The standard InChI is InChI=1S/C27H32F2N4O4/c1-5-21(31-26(35)19-6-7-30-23(14-19)27(4,28)29)17-22(18(2)3)20-15-24(33-8-11-36-12-9-33)32-25(16-20)37-13-10-34/h5-7,14-17,34H,2,8-13H2,1,3-4H3,(H,31,35). The minimum Gasteiger partial charge on any atom is -0.475 e. The third-order valence-electron chi connectivity index (χ3n) is 5.58. The molecule has 3 rings (SSSR count). The molecular weight excluding hydrogens is 482 g/mol. The number of nitrogens with zero attached hydrogens (tertiary/aromatic N) is 3. The Hall–Kier alpha value is -3.63. The van der Waals surface area contributed by atoms with Gasteiger partial charge in [0, 0.05) is 43.5 Å². The van der Waals surface area contributed by atoms with Crippen LogP contribution in [0.25, 0.3) is 5.57 Å². The van der Waals surface area contributed by atoms with Crippen molar-refractivity contribution < 1.29 is 28.2 Å². The quantitative estimate of drug-likeness (QED) is 0.461. The Balaban J connectivity index is 1.94. The SMILES string of the molecule is C=C(C)C(=CC(=CC)NC(=O)c1ccnc(C(C)(F)F)c1)c1cc(OCCO)nc(N2CCOCC2)c1. The Bertz CT molecular complexity index is 1190. The van der Waals surface area contributed by atoms with Crippen LogP contribution in [0.4, 0.5) is 14.6 Å². The van der Waals surface area contributed by atoms with Crippen LogP contribution in [0.2, 0.25) is 0 Å². The van der Waals surface area contributed by atoms with Gasteiger partial charge in [0.1, 0.15) is 18.1 Å². The van der Waals surface area contributed by atoms with Crippen molar-refractivity contribution in [3.8, 4) is 5.88 Å². The van der Waals surface area contributed by atoms with Crippen LogP contribution in [-0.4, -0.2) is 60.5 Å². The smallest absolute Gasteiger partial charge is 0.286 e. The molecule has 1 saturated heterocycles. The number of ether oxygens (including phenoxy) is 2. The summed E-state index contributed by atoms with van der Waals surface area (Å²) >= 11 is 0. The monoisotopic (exact) mass is 514 g/mol. The van der Waals surface area contributed by atoms with Crippen LogP contribution in [0.5, 0.6) is 5.88 Å². The normalized spacial score (nSPS) is 14.9. The summed E-state index contributed by atoms with van der Waals surface area (Å²) in [6, 6.07) is 6.11. The van der Waals surface area contributed by atoms with Crippen LogP contribution in [-0.2, 0) is 10.7 Å². The molecule has 0 saturated carbocycles. The van der Waals surface area contributed by atoms with E-state index in [0.29, 0.717) is 43.7 Å². The van der Waals surface area contributed by atoms with Crippen LogP contribution >= 0.6 is 0 Å². The topological polar surface area (TPSA) is 96.8 Å². The number of amides is 1. The van der Waals surface area contributed by atoms with E-state index in [9.17, 15) is 18.7 Å². The number of morpholine rings is 1. The zero-order chi connectivity index (χ0) is 27.0. The summed E-state index contributed by atoms with van der Waals surface area (Å²) in [5.41, 5.74) is 2.22. The molecule has 198 valence electrons. The Morgan fingerprint density at radius 3 is 2.65 bits per heavy atom. The van der Waals surface area contributed by atoms with Gasteiger partial charge in [0.25, 0.3) is 11.8 Å².